The van der Waals surface area contributed by atoms with Gasteiger partial charge in [0.15, 0.2) is 5.54 Å². The molecule has 9 nitrogen and oxygen atoms in total. The van der Waals surface area contributed by atoms with E-state index in [1.165, 1.54) is 6.92 Å². The number of methoxy groups -OCH3 is 1. The number of rotatable bonds is 6. The van der Waals surface area contributed by atoms with Gasteiger partial charge < -0.3 is 24.7 Å². The SMILES string of the molecule is CC.COC1C=CC(CN(C[C@@]2(c3cc4c(o3)CCNCC4)NC(=O)NC2=O)C(C)=O)=CC1. The normalized spacial score (nSPS) is 24.0. The number of imide groups is 1. The summed E-state index contributed by atoms with van der Waals surface area (Å²) in [5.41, 5.74) is 0.507. The maximum absolute atomic E-state index is 13.0. The highest BCUT2D eigenvalue weighted by Crippen LogP contribution is 2.32. The van der Waals surface area contributed by atoms with Crippen LogP contribution in [0.1, 0.15) is 44.3 Å². The summed E-state index contributed by atoms with van der Waals surface area (Å²) >= 11 is 0. The molecular formula is C24H34N4O5. The van der Waals surface area contributed by atoms with E-state index < -0.39 is 17.5 Å². The number of ether oxygens (including phenoxy) is 1. The van der Waals surface area contributed by atoms with E-state index in [9.17, 15) is 14.4 Å². The highest BCUT2D eigenvalue weighted by Gasteiger charge is 2.52. The molecule has 9 heteroatoms. The van der Waals surface area contributed by atoms with E-state index in [1.807, 2.05) is 38.1 Å². The molecule has 3 aliphatic rings. The Labute approximate surface area is 194 Å². The third kappa shape index (κ3) is 5.36. The number of furan rings is 1. The Hall–Kier alpha value is -2.91. The van der Waals surface area contributed by atoms with Crippen molar-refractivity contribution in [2.24, 2.45) is 0 Å². The third-order valence-corrected chi connectivity index (χ3v) is 6.05. The largest absolute Gasteiger partial charge is 0.463 e. The predicted molar refractivity (Wildman–Crippen MR) is 124 cm³/mol. The molecule has 0 radical (unpaired) electrons. The van der Waals surface area contributed by atoms with Gasteiger partial charge in [-0.25, -0.2) is 4.79 Å². The first kappa shape index (κ1) is 24.7. The van der Waals surface area contributed by atoms with Crippen molar-refractivity contribution in [1.82, 2.24) is 20.9 Å². The van der Waals surface area contributed by atoms with Gasteiger partial charge in [-0.2, -0.15) is 0 Å². The van der Waals surface area contributed by atoms with Crippen molar-refractivity contribution in [3.05, 3.63) is 47.0 Å². The molecule has 1 saturated heterocycles. The number of hydrogen-bond donors (Lipinski definition) is 3. The molecule has 2 atom stereocenters. The molecule has 4 amide bonds. The Morgan fingerprint density at radius 2 is 2.03 bits per heavy atom. The van der Waals surface area contributed by atoms with Crippen LogP contribution >= 0.6 is 0 Å². The van der Waals surface area contributed by atoms with Crippen LogP contribution in [0.3, 0.4) is 0 Å². The minimum absolute atomic E-state index is 0.0220. The van der Waals surface area contributed by atoms with E-state index in [1.54, 1.807) is 12.0 Å². The second kappa shape index (κ2) is 10.8. The Morgan fingerprint density at radius 3 is 2.64 bits per heavy atom. The smallest absolute Gasteiger partial charge is 0.322 e. The molecule has 0 saturated carbocycles. The first-order valence-corrected chi connectivity index (χ1v) is 11.5. The van der Waals surface area contributed by atoms with Gasteiger partial charge in [-0.3, -0.25) is 14.9 Å². The fraction of sp³-hybridized carbons (Fsp3) is 0.542. The minimum atomic E-state index is -1.46. The van der Waals surface area contributed by atoms with Crippen LogP contribution in [-0.4, -0.2) is 62.1 Å². The first-order chi connectivity index (χ1) is 15.9. The van der Waals surface area contributed by atoms with Crippen LogP contribution in [0.2, 0.25) is 0 Å². The van der Waals surface area contributed by atoms with Crippen LogP contribution in [0.4, 0.5) is 4.79 Å². The average Bonchev–Trinajstić information content (AvgIpc) is 3.27. The van der Waals surface area contributed by atoms with Gasteiger partial charge in [-0.05, 0) is 36.6 Å². The standard InChI is InChI=1S/C22H28N4O5.C2H6/c1-14(27)26(12-15-3-5-17(30-2)6-4-15)13-22(20(28)24-21(29)25-22)19-11-16-7-9-23-10-8-18(16)31-19;1-2/h3-5,11,17,23H,6-10,12-13H2,1-2H3,(H2,24,25,28,29);1-2H3/t17?,22-;/m0./s1. The number of nitrogens with zero attached hydrogens (tertiary/aromatic N) is 1. The summed E-state index contributed by atoms with van der Waals surface area (Å²) in [6.45, 7) is 7.35. The Kier molecular flexibility index (Phi) is 8.10. The molecule has 0 spiro atoms. The summed E-state index contributed by atoms with van der Waals surface area (Å²) in [5.74, 6) is 0.458. The Morgan fingerprint density at radius 1 is 1.27 bits per heavy atom. The van der Waals surface area contributed by atoms with Gasteiger partial charge in [0.05, 0.1) is 12.6 Å². The lowest BCUT2D eigenvalue weighted by molar-refractivity contribution is -0.132. The lowest BCUT2D eigenvalue weighted by Gasteiger charge is -2.32. The lowest BCUT2D eigenvalue weighted by Crippen LogP contribution is -2.53. The molecule has 33 heavy (non-hydrogen) atoms. The number of carbonyl (C=O) groups is 3. The number of nitrogens with one attached hydrogen (secondary N) is 3. The highest BCUT2D eigenvalue weighted by atomic mass is 16.5. The summed E-state index contributed by atoms with van der Waals surface area (Å²) in [5, 5.41) is 8.36. The maximum Gasteiger partial charge on any atom is 0.322 e. The second-order valence-electron chi connectivity index (χ2n) is 8.15. The highest BCUT2D eigenvalue weighted by molar-refractivity contribution is 6.07. The van der Waals surface area contributed by atoms with Gasteiger partial charge in [0.1, 0.15) is 11.5 Å². The zero-order chi connectivity index (χ0) is 24.0. The molecule has 1 fully saturated rings. The van der Waals surface area contributed by atoms with Crippen molar-refractivity contribution in [3.63, 3.8) is 0 Å². The quantitative estimate of drug-likeness (QED) is 0.560. The number of carbonyl (C=O) groups excluding carboxylic acids is 3. The number of fused-ring (bicyclic) bond motifs is 1. The number of amides is 4. The maximum atomic E-state index is 13.0. The Bertz CT molecular complexity index is 927. The third-order valence-electron chi connectivity index (χ3n) is 6.05. The van der Waals surface area contributed by atoms with Gasteiger partial charge in [0, 0.05) is 33.5 Å². The van der Waals surface area contributed by atoms with Crippen LogP contribution in [0.5, 0.6) is 0 Å². The van der Waals surface area contributed by atoms with Gasteiger partial charge in [0.25, 0.3) is 5.91 Å². The van der Waals surface area contributed by atoms with Crippen LogP contribution in [0, 0.1) is 0 Å². The molecule has 1 aromatic rings. The van der Waals surface area contributed by atoms with Crippen molar-refractivity contribution in [1.29, 1.82) is 0 Å². The fourth-order valence-corrected chi connectivity index (χ4v) is 4.23. The summed E-state index contributed by atoms with van der Waals surface area (Å²) in [7, 11) is 1.65. The molecule has 180 valence electrons. The molecule has 1 aromatic heterocycles. The van der Waals surface area contributed by atoms with E-state index in [0.29, 0.717) is 18.7 Å². The monoisotopic (exact) mass is 458 g/mol. The molecule has 1 aliphatic carbocycles. The summed E-state index contributed by atoms with van der Waals surface area (Å²) in [4.78, 5) is 39.1. The topological polar surface area (TPSA) is 113 Å². The van der Waals surface area contributed by atoms with Gasteiger partial charge in [-0.15, -0.1) is 0 Å². The first-order valence-electron chi connectivity index (χ1n) is 11.5. The average molecular weight is 459 g/mol. The van der Waals surface area contributed by atoms with Crippen LogP contribution in [-0.2, 0) is 32.7 Å². The van der Waals surface area contributed by atoms with Crippen LogP contribution < -0.4 is 16.0 Å². The molecule has 3 heterocycles. The van der Waals surface area contributed by atoms with E-state index in [2.05, 4.69) is 16.0 Å². The fourth-order valence-electron chi connectivity index (χ4n) is 4.23. The number of hydrogen-bond acceptors (Lipinski definition) is 6. The van der Waals surface area contributed by atoms with Crippen LogP contribution in [0.15, 0.2) is 34.3 Å². The van der Waals surface area contributed by atoms with Crippen molar-refractivity contribution in [3.8, 4) is 0 Å². The zero-order valence-corrected chi connectivity index (χ0v) is 19.8. The van der Waals surface area contributed by atoms with Crippen LogP contribution in [0.25, 0.3) is 0 Å². The summed E-state index contributed by atoms with van der Waals surface area (Å²) in [6.07, 6.45) is 8.12. The molecule has 1 unspecified atom stereocenters. The molecular weight excluding hydrogens is 424 g/mol. The Balaban J connectivity index is 0.00000149. The second-order valence-corrected chi connectivity index (χ2v) is 8.15. The van der Waals surface area contributed by atoms with E-state index in [4.69, 9.17) is 9.15 Å². The van der Waals surface area contributed by atoms with Crippen molar-refractivity contribution in [2.45, 2.75) is 51.7 Å². The molecule has 2 aliphatic heterocycles. The van der Waals surface area contributed by atoms with Gasteiger partial charge in [-0.1, -0.05) is 32.1 Å². The molecule has 4 rings (SSSR count). The zero-order valence-electron chi connectivity index (χ0n) is 19.8. The van der Waals surface area contributed by atoms with Crippen molar-refractivity contribution < 1.29 is 23.5 Å². The summed E-state index contributed by atoms with van der Waals surface area (Å²) in [6, 6.07) is 1.25. The molecule has 0 bridgehead atoms. The van der Waals surface area contributed by atoms with Crippen molar-refractivity contribution >= 4 is 17.8 Å². The van der Waals surface area contributed by atoms with E-state index >= 15 is 0 Å². The van der Waals surface area contributed by atoms with Crippen molar-refractivity contribution in [2.75, 3.05) is 33.3 Å². The van der Waals surface area contributed by atoms with E-state index in [-0.39, 0.29) is 18.6 Å². The van der Waals surface area contributed by atoms with E-state index in [0.717, 1.165) is 42.8 Å². The predicted octanol–water partition coefficient (Wildman–Crippen LogP) is 1.78. The summed E-state index contributed by atoms with van der Waals surface area (Å²) < 4.78 is 11.4. The minimum Gasteiger partial charge on any atom is -0.463 e. The molecule has 3 N–H and O–H groups in total. The van der Waals surface area contributed by atoms with Gasteiger partial charge in [0.2, 0.25) is 5.91 Å². The molecule has 0 aromatic carbocycles. The van der Waals surface area contributed by atoms with Gasteiger partial charge >= 0.3 is 6.03 Å². The number of urea groups is 1. The lowest BCUT2D eigenvalue weighted by atomic mass is 9.94.